The monoisotopic (exact) mass is 242 g/mol. The number of pyridine rings is 2. The molecule has 0 aliphatic rings. The number of hydrogen-bond acceptors (Lipinski definition) is 4. The molecule has 0 saturated carbocycles. The van der Waals surface area contributed by atoms with E-state index in [1.807, 2.05) is 44.3 Å². The molecular formula is C14H18N4. The molecule has 18 heavy (non-hydrogen) atoms. The van der Waals surface area contributed by atoms with Gasteiger partial charge in [0, 0.05) is 25.0 Å². The Labute approximate surface area is 107 Å². The highest BCUT2D eigenvalue weighted by atomic mass is 15.1. The van der Waals surface area contributed by atoms with Gasteiger partial charge in [-0.15, -0.1) is 0 Å². The second-order valence-electron chi connectivity index (χ2n) is 4.48. The Morgan fingerprint density at radius 1 is 1.17 bits per heavy atom. The molecule has 2 aromatic rings. The lowest BCUT2D eigenvalue weighted by Crippen LogP contribution is -2.19. The number of rotatable bonds is 4. The third kappa shape index (κ3) is 3.28. The van der Waals surface area contributed by atoms with Crippen molar-refractivity contribution in [1.82, 2.24) is 14.9 Å². The summed E-state index contributed by atoms with van der Waals surface area (Å²) in [5.74, 6) is 0. The Morgan fingerprint density at radius 2 is 2.00 bits per heavy atom. The Morgan fingerprint density at radius 3 is 2.72 bits per heavy atom. The Kier molecular flexibility index (Phi) is 3.89. The Hall–Kier alpha value is -1.94. The molecule has 0 radical (unpaired) electrons. The molecule has 4 heteroatoms. The molecule has 0 aromatic carbocycles. The molecule has 94 valence electrons. The average molecular weight is 242 g/mol. The van der Waals surface area contributed by atoms with Crippen LogP contribution in [0.1, 0.15) is 17.1 Å². The molecule has 4 nitrogen and oxygen atoms in total. The van der Waals surface area contributed by atoms with Crippen molar-refractivity contribution in [2.24, 2.45) is 0 Å². The number of nitrogens with two attached hydrogens (primary N) is 1. The van der Waals surface area contributed by atoms with Gasteiger partial charge in [-0.2, -0.15) is 0 Å². The smallest absolute Gasteiger partial charge is 0.0772 e. The van der Waals surface area contributed by atoms with Gasteiger partial charge >= 0.3 is 0 Å². The van der Waals surface area contributed by atoms with Gasteiger partial charge in [-0.25, -0.2) is 0 Å². The van der Waals surface area contributed by atoms with Crippen molar-refractivity contribution in [2.45, 2.75) is 20.0 Å². The van der Waals surface area contributed by atoms with Crippen molar-refractivity contribution in [3.05, 3.63) is 53.6 Å². The van der Waals surface area contributed by atoms with Gasteiger partial charge in [0.25, 0.3) is 0 Å². The van der Waals surface area contributed by atoms with E-state index in [1.54, 1.807) is 6.20 Å². The largest absolute Gasteiger partial charge is 0.397 e. The number of aryl methyl sites for hydroxylation is 1. The minimum atomic E-state index is 0.724. The molecule has 0 fully saturated rings. The third-order valence-electron chi connectivity index (χ3n) is 2.72. The fourth-order valence-corrected chi connectivity index (χ4v) is 1.86. The maximum absolute atomic E-state index is 5.88. The van der Waals surface area contributed by atoms with Gasteiger partial charge in [0.1, 0.15) is 0 Å². The van der Waals surface area contributed by atoms with E-state index in [0.717, 1.165) is 35.9 Å². The predicted octanol–water partition coefficient (Wildman–Crippen LogP) is 2.00. The fourth-order valence-electron chi connectivity index (χ4n) is 1.86. The summed E-state index contributed by atoms with van der Waals surface area (Å²) in [7, 11) is 2.04. The summed E-state index contributed by atoms with van der Waals surface area (Å²) in [6, 6.07) is 9.79. The summed E-state index contributed by atoms with van der Waals surface area (Å²) < 4.78 is 0. The van der Waals surface area contributed by atoms with E-state index in [1.165, 1.54) is 0 Å². The topological polar surface area (TPSA) is 55.0 Å². The molecule has 0 saturated heterocycles. The van der Waals surface area contributed by atoms with Gasteiger partial charge in [0.05, 0.1) is 17.1 Å². The molecule has 0 amide bonds. The van der Waals surface area contributed by atoms with Crippen molar-refractivity contribution >= 4 is 5.69 Å². The van der Waals surface area contributed by atoms with Crippen LogP contribution in [0.2, 0.25) is 0 Å². The van der Waals surface area contributed by atoms with E-state index in [4.69, 9.17) is 5.73 Å². The first-order chi connectivity index (χ1) is 8.65. The van der Waals surface area contributed by atoms with E-state index < -0.39 is 0 Å². The molecule has 0 spiro atoms. The molecule has 0 atom stereocenters. The lowest BCUT2D eigenvalue weighted by molar-refractivity contribution is 0.311. The van der Waals surface area contributed by atoms with Crippen LogP contribution in [0.3, 0.4) is 0 Å². The zero-order valence-electron chi connectivity index (χ0n) is 10.8. The second kappa shape index (κ2) is 5.60. The summed E-state index contributed by atoms with van der Waals surface area (Å²) in [6.45, 7) is 3.51. The molecular weight excluding hydrogens is 224 g/mol. The molecule has 0 bridgehead atoms. The zero-order valence-corrected chi connectivity index (χ0v) is 10.8. The highest BCUT2D eigenvalue weighted by Gasteiger charge is 2.06. The number of nitrogens with zero attached hydrogens (tertiary/aromatic N) is 3. The Bertz CT molecular complexity index is 525. The standard InChI is InChI=1S/C14H18N4/c1-11-5-3-6-12(17-11)9-18(2)10-14-13(15)7-4-8-16-14/h3-8H,9-10,15H2,1-2H3. The minimum absolute atomic E-state index is 0.724. The Balaban J connectivity index is 2.01. The summed E-state index contributed by atoms with van der Waals surface area (Å²) in [6.07, 6.45) is 1.77. The normalized spacial score (nSPS) is 10.8. The van der Waals surface area contributed by atoms with Gasteiger partial charge in [-0.3, -0.25) is 14.9 Å². The van der Waals surface area contributed by atoms with Crippen LogP contribution < -0.4 is 5.73 Å². The van der Waals surface area contributed by atoms with E-state index in [-0.39, 0.29) is 0 Å². The quantitative estimate of drug-likeness (QED) is 0.891. The third-order valence-corrected chi connectivity index (χ3v) is 2.72. The minimum Gasteiger partial charge on any atom is -0.397 e. The van der Waals surface area contributed by atoms with Crippen molar-refractivity contribution in [1.29, 1.82) is 0 Å². The van der Waals surface area contributed by atoms with Crippen LogP contribution in [-0.2, 0) is 13.1 Å². The van der Waals surface area contributed by atoms with E-state index >= 15 is 0 Å². The lowest BCUT2D eigenvalue weighted by atomic mass is 10.2. The predicted molar refractivity (Wildman–Crippen MR) is 72.8 cm³/mol. The maximum atomic E-state index is 5.88. The van der Waals surface area contributed by atoms with Crippen LogP contribution in [0.15, 0.2) is 36.5 Å². The van der Waals surface area contributed by atoms with Crippen LogP contribution >= 0.6 is 0 Å². The van der Waals surface area contributed by atoms with Crippen LogP contribution in [0.5, 0.6) is 0 Å². The average Bonchev–Trinajstić information content (AvgIpc) is 2.32. The lowest BCUT2D eigenvalue weighted by Gasteiger charge is -2.16. The van der Waals surface area contributed by atoms with Crippen LogP contribution in [-0.4, -0.2) is 21.9 Å². The van der Waals surface area contributed by atoms with Crippen LogP contribution in [0.4, 0.5) is 5.69 Å². The van der Waals surface area contributed by atoms with Gasteiger partial charge in [-0.05, 0) is 38.2 Å². The first kappa shape index (κ1) is 12.5. The fraction of sp³-hybridized carbons (Fsp3) is 0.286. The zero-order chi connectivity index (χ0) is 13.0. The van der Waals surface area contributed by atoms with Gasteiger partial charge in [-0.1, -0.05) is 6.07 Å². The van der Waals surface area contributed by atoms with E-state index in [2.05, 4.69) is 14.9 Å². The molecule has 2 rings (SSSR count). The summed E-state index contributed by atoms with van der Waals surface area (Å²) >= 11 is 0. The molecule has 2 N–H and O–H groups in total. The molecule has 2 heterocycles. The van der Waals surface area contributed by atoms with Gasteiger partial charge in [0.15, 0.2) is 0 Å². The van der Waals surface area contributed by atoms with Crippen molar-refractivity contribution in [3.8, 4) is 0 Å². The van der Waals surface area contributed by atoms with E-state index in [0.29, 0.717) is 0 Å². The highest BCUT2D eigenvalue weighted by molar-refractivity contribution is 5.41. The number of anilines is 1. The summed E-state index contributed by atoms with van der Waals surface area (Å²) in [5.41, 5.74) is 9.63. The summed E-state index contributed by atoms with van der Waals surface area (Å²) in [4.78, 5) is 10.9. The van der Waals surface area contributed by atoms with Gasteiger partial charge < -0.3 is 5.73 Å². The number of nitrogen functional groups attached to an aromatic ring is 1. The highest BCUT2D eigenvalue weighted by Crippen LogP contribution is 2.11. The second-order valence-corrected chi connectivity index (χ2v) is 4.48. The van der Waals surface area contributed by atoms with Crippen LogP contribution in [0.25, 0.3) is 0 Å². The summed E-state index contributed by atoms with van der Waals surface area (Å²) in [5, 5.41) is 0. The number of hydrogen-bond donors (Lipinski definition) is 1. The van der Waals surface area contributed by atoms with Crippen molar-refractivity contribution in [3.63, 3.8) is 0 Å². The SMILES string of the molecule is Cc1cccc(CN(C)Cc2ncccc2N)n1. The number of aromatic nitrogens is 2. The van der Waals surface area contributed by atoms with Gasteiger partial charge in [0.2, 0.25) is 0 Å². The van der Waals surface area contributed by atoms with E-state index in [9.17, 15) is 0 Å². The molecule has 0 aliphatic heterocycles. The molecule has 2 aromatic heterocycles. The first-order valence-electron chi connectivity index (χ1n) is 5.95. The first-order valence-corrected chi connectivity index (χ1v) is 5.95. The maximum Gasteiger partial charge on any atom is 0.0772 e. The molecule has 0 aliphatic carbocycles. The van der Waals surface area contributed by atoms with Crippen molar-refractivity contribution in [2.75, 3.05) is 12.8 Å². The van der Waals surface area contributed by atoms with Crippen molar-refractivity contribution < 1.29 is 0 Å². The molecule has 0 unspecified atom stereocenters. The van der Waals surface area contributed by atoms with Crippen LogP contribution in [0, 0.1) is 6.92 Å².